The van der Waals surface area contributed by atoms with Gasteiger partial charge in [-0.1, -0.05) is 35.2 Å². The van der Waals surface area contributed by atoms with Crippen molar-refractivity contribution in [1.82, 2.24) is 15.5 Å². The highest BCUT2D eigenvalue weighted by atomic mass is 32.2. The van der Waals surface area contributed by atoms with E-state index in [1.54, 1.807) is 18.4 Å². The SMILES string of the molecule is CC(Sc1nnc(NCc2ccco2)s1)C(=O)NCc1ccc(F)cc1. The molecule has 26 heavy (non-hydrogen) atoms. The maximum Gasteiger partial charge on any atom is 0.233 e. The van der Waals surface area contributed by atoms with Crippen LogP contribution < -0.4 is 10.6 Å². The molecule has 3 rings (SSSR count). The van der Waals surface area contributed by atoms with Crippen LogP contribution in [0.4, 0.5) is 9.52 Å². The number of halogens is 1. The summed E-state index contributed by atoms with van der Waals surface area (Å²) in [7, 11) is 0. The van der Waals surface area contributed by atoms with E-state index in [9.17, 15) is 9.18 Å². The van der Waals surface area contributed by atoms with E-state index in [-0.39, 0.29) is 17.0 Å². The van der Waals surface area contributed by atoms with Gasteiger partial charge >= 0.3 is 0 Å². The van der Waals surface area contributed by atoms with Gasteiger partial charge in [0, 0.05) is 6.54 Å². The first-order valence-corrected chi connectivity index (χ1v) is 9.58. The van der Waals surface area contributed by atoms with Gasteiger partial charge in [0.15, 0.2) is 4.34 Å². The van der Waals surface area contributed by atoms with Crippen molar-refractivity contribution in [3.63, 3.8) is 0 Å². The highest BCUT2D eigenvalue weighted by Crippen LogP contribution is 2.29. The molecular weight excluding hydrogens is 375 g/mol. The Morgan fingerprint density at radius 2 is 2.08 bits per heavy atom. The van der Waals surface area contributed by atoms with Crippen LogP contribution in [0.5, 0.6) is 0 Å². The van der Waals surface area contributed by atoms with Gasteiger partial charge in [0.05, 0.1) is 18.1 Å². The van der Waals surface area contributed by atoms with E-state index in [0.29, 0.717) is 22.6 Å². The lowest BCUT2D eigenvalue weighted by Gasteiger charge is -2.10. The predicted octanol–water partition coefficient (Wildman–Crippen LogP) is 3.68. The number of benzene rings is 1. The summed E-state index contributed by atoms with van der Waals surface area (Å²) in [5.41, 5.74) is 0.845. The summed E-state index contributed by atoms with van der Waals surface area (Å²) < 4.78 is 18.8. The van der Waals surface area contributed by atoms with Crippen LogP contribution in [0.25, 0.3) is 0 Å². The van der Waals surface area contributed by atoms with Crippen molar-refractivity contribution in [2.75, 3.05) is 5.32 Å². The molecule has 1 aromatic carbocycles. The zero-order chi connectivity index (χ0) is 18.4. The van der Waals surface area contributed by atoms with Crippen LogP contribution in [0.3, 0.4) is 0 Å². The lowest BCUT2D eigenvalue weighted by atomic mass is 10.2. The quantitative estimate of drug-likeness (QED) is 0.569. The van der Waals surface area contributed by atoms with E-state index < -0.39 is 0 Å². The lowest BCUT2D eigenvalue weighted by molar-refractivity contribution is -0.120. The fraction of sp³-hybridized carbons (Fsp3) is 0.235. The third-order valence-electron chi connectivity index (χ3n) is 3.43. The van der Waals surface area contributed by atoms with Crippen LogP contribution in [-0.2, 0) is 17.9 Å². The second-order valence-corrected chi connectivity index (χ2v) is 7.98. The van der Waals surface area contributed by atoms with Gasteiger partial charge in [-0.05, 0) is 36.8 Å². The van der Waals surface area contributed by atoms with E-state index in [1.807, 2.05) is 19.1 Å². The number of hydrogen-bond donors (Lipinski definition) is 2. The van der Waals surface area contributed by atoms with Gasteiger partial charge in [0.25, 0.3) is 0 Å². The maximum atomic E-state index is 12.9. The average Bonchev–Trinajstić information content (AvgIpc) is 3.31. The van der Waals surface area contributed by atoms with Crippen molar-refractivity contribution in [3.05, 3.63) is 59.8 Å². The van der Waals surface area contributed by atoms with Gasteiger partial charge in [0.2, 0.25) is 11.0 Å². The fourth-order valence-electron chi connectivity index (χ4n) is 2.04. The average molecular weight is 392 g/mol. The van der Waals surface area contributed by atoms with E-state index >= 15 is 0 Å². The molecule has 2 N–H and O–H groups in total. The molecule has 2 heterocycles. The molecule has 1 atom stereocenters. The molecule has 0 aliphatic heterocycles. The maximum absolute atomic E-state index is 12.9. The number of aromatic nitrogens is 2. The summed E-state index contributed by atoms with van der Waals surface area (Å²) in [5, 5.41) is 14.5. The number of amides is 1. The molecule has 6 nitrogen and oxygen atoms in total. The first-order chi connectivity index (χ1) is 12.6. The van der Waals surface area contributed by atoms with Crippen molar-refractivity contribution in [1.29, 1.82) is 0 Å². The Bertz CT molecular complexity index is 837. The Kier molecular flexibility index (Phi) is 6.24. The molecule has 0 radical (unpaired) electrons. The first-order valence-electron chi connectivity index (χ1n) is 7.89. The molecule has 3 aromatic rings. The zero-order valence-corrected chi connectivity index (χ0v) is 15.6. The van der Waals surface area contributed by atoms with Gasteiger partial charge in [-0.15, -0.1) is 10.2 Å². The number of hydrogen-bond acceptors (Lipinski definition) is 7. The van der Waals surface area contributed by atoms with Gasteiger partial charge in [-0.3, -0.25) is 4.79 Å². The summed E-state index contributed by atoms with van der Waals surface area (Å²) in [5.74, 6) is 0.402. The Morgan fingerprint density at radius 1 is 1.27 bits per heavy atom. The number of carbonyl (C=O) groups excluding carboxylic acids is 1. The van der Waals surface area contributed by atoms with Gasteiger partial charge < -0.3 is 15.1 Å². The summed E-state index contributed by atoms with van der Waals surface area (Å²) in [6.45, 7) is 2.69. The van der Waals surface area contributed by atoms with E-state index in [4.69, 9.17) is 4.42 Å². The standard InChI is InChI=1S/C17H17FN4O2S2/c1-11(15(23)19-9-12-4-6-13(18)7-5-12)25-17-22-21-16(26-17)20-10-14-3-2-8-24-14/h2-8,11H,9-10H2,1H3,(H,19,23)(H,20,21). The van der Waals surface area contributed by atoms with Crippen LogP contribution in [0.15, 0.2) is 51.4 Å². The van der Waals surface area contributed by atoms with E-state index in [1.165, 1.54) is 35.2 Å². The van der Waals surface area contributed by atoms with Crippen molar-refractivity contribution >= 4 is 34.1 Å². The Balaban J connectivity index is 1.45. The van der Waals surface area contributed by atoms with Crippen LogP contribution in [-0.4, -0.2) is 21.4 Å². The van der Waals surface area contributed by atoms with Crippen molar-refractivity contribution in [2.24, 2.45) is 0 Å². The lowest BCUT2D eigenvalue weighted by Crippen LogP contribution is -2.30. The molecule has 0 aliphatic carbocycles. The number of furan rings is 1. The van der Waals surface area contributed by atoms with Crippen LogP contribution in [0, 0.1) is 5.82 Å². The number of nitrogens with one attached hydrogen (secondary N) is 2. The minimum Gasteiger partial charge on any atom is -0.467 e. The topological polar surface area (TPSA) is 80.1 Å². The molecule has 1 amide bonds. The molecule has 9 heteroatoms. The summed E-state index contributed by atoms with van der Waals surface area (Å²) in [4.78, 5) is 12.2. The molecule has 0 aliphatic rings. The Labute approximate surface area is 158 Å². The summed E-state index contributed by atoms with van der Waals surface area (Å²) >= 11 is 2.73. The van der Waals surface area contributed by atoms with Crippen LogP contribution in [0.1, 0.15) is 18.2 Å². The van der Waals surface area contributed by atoms with Crippen molar-refractivity contribution < 1.29 is 13.6 Å². The normalized spacial score (nSPS) is 11.9. The molecule has 2 aromatic heterocycles. The highest BCUT2D eigenvalue weighted by molar-refractivity contribution is 8.02. The number of anilines is 1. The molecule has 0 saturated carbocycles. The zero-order valence-electron chi connectivity index (χ0n) is 13.9. The van der Waals surface area contributed by atoms with Crippen molar-refractivity contribution in [2.45, 2.75) is 29.6 Å². The third-order valence-corrected chi connectivity index (χ3v) is 5.49. The molecule has 0 spiro atoms. The van der Waals surface area contributed by atoms with Crippen LogP contribution in [0.2, 0.25) is 0 Å². The smallest absolute Gasteiger partial charge is 0.233 e. The Hall–Kier alpha value is -2.39. The van der Waals surface area contributed by atoms with E-state index in [2.05, 4.69) is 20.8 Å². The second kappa shape index (κ2) is 8.81. The van der Waals surface area contributed by atoms with Crippen molar-refractivity contribution in [3.8, 4) is 0 Å². The second-order valence-electron chi connectivity index (χ2n) is 5.41. The van der Waals surface area contributed by atoms with Gasteiger partial charge in [-0.25, -0.2) is 4.39 Å². The molecule has 0 fully saturated rings. The largest absolute Gasteiger partial charge is 0.467 e. The predicted molar refractivity (Wildman–Crippen MR) is 99.5 cm³/mol. The number of thioether (sulfide) groups is 1. The van der Waals surface area contributed by atoms with Crippen LogP contribution >= 0.6 is 23.1 Å². The molecular formula is C17H17FN4O2S2. The summed E-state index contributed by atoms with van der Waals surface area (Å²) in [6.07, 6.45) is 1.62. The number of nitrogens with zero attached hydrogens (tertiary/aromatic N) is 2. The highest BCUT2D eigenvalue weighted by Gasteiger charge is 2.17. The van der Waals surface area contributed by atoms with Gasteiger partial charge in [0.1, 0.15) is 11.6 Å². The monoisotopic (exact) mass is 392 g/mol. The first kappa shape index (κ1) is 18.4. The number of carbonyl (C=O) groups is 1. The van der Waals surface area contributed by atoms with Gasteiger partial charge in [-0.2, -0.15) is 0 Å². The molecule has 1 unspecified atom stereocenters. The minimum absolute atomic E-state index is 0.111. The molecule has 136 valence electrons. The Morgan fingerprint density at radius 3 is 2.81 bits per heavy atom. The van der Waals surface area contributed by atoms with E-state index in [0.717, 1.165) is 11.3 Å². The minimum atomic E-state index is -0.318. The molecule has 0 saturated heterocycles. The summed E-state index contributed by atoms with van der Waals surface area (Å²) in [6, 6.07) is 9.74. The number of rotatable bonds is 8. The molecule has 0 bridgehead atoms. The fourth-order valence-corrected chi connectivity index (χ4v) is 3.96. The third kappa shape index (κ3) is 5.30.